The lowest BCUT2D eigenvalue weighted by Crippen LogP contribution is -2.14. The Labute approximate surface area is 157 Å². The second kappa shape index (κ2) is 6.81. The van der Waals surface area contributed by atoms with Crippen molar-refractivity contribution >= 4 is 27.2 Å². The van der Waals surface area contributed by atoms with Crippen molar-refractivity contribution in [2.45, 2.75) is 11.8 Å². The van der Waals surface area contributed by atoms with E-state index < -0.39 is 10.0 Å². The zero-order valence-electron chi connectivity index (χ0n) is 14.5. The third kappa shape index (κ3) is 3.65. The average Bonchev–Trinajstić information content (AvgIpc) is 3.11. The molecular weight excluding hydrogens is 366 g/mol. The molecule has 2 heterocycles. The molecule has 2 N–H and O–H groups in total. The van der Waals surface area contributed by atoms with E-state index in [2.05, 4.69) is 15.0 Å². The topological polar surface area (TPSA) is 89.6 Å². The maximum Gasteiger partial charge on any atom is 0.262 e. The van der Waals surface area contributed by atoms with Crippen molar-refractivity contribution in [1.82, 2.24) is 4.98 Å². The van der Waals surface area contributed by atoms with Gasteiger partial charge in [0.05, 0.1) is 16.8 Å². The van der Waals surface area contributed by atoms with E-state index in [-0.39, 0.29) is 11.7 Å². The minimum atomic E-state index is -3.66. The summed E-state index contributed by atoms with van der Waals surface area (Å²) in [7, 11) is -3.66. The number of aryl methyl sites for hydroxylation is 1. The Morgan fingerprint density at radius 3 is 2.52 bits per heavy atom. The van der Waals surface area contributed by atoms with Gasteiger partial charge in [0.15, 0.2) is 11.5 Å². The van der Waals surface area contributed by atoms with Crippen LogP contribution in [0.3, 0.4) is 0 Å². The predicted octanol–water partition coefficient (Wildman–Crippen LogP) is 3.66. The van der Waals surface area contributed by atoms with E-state index >= 15 is 0 Å². The zero-order valence-corrected chi connectivity index (χ0v) is 15.3. The SMILES string of the molecule is Cc1ccccc1S(=O)(=O)Nc1ccc(Nc2ccc3c(c2)OCO3)nc1. The Hall–Kier alpha value is -3.26. The van der Waals surface area contributed by atoms with Crippen molar-refractivity contribution in [3.63, 3.8) is 0 Å². The Bertz CT molecular complexity index is 1080. The second-order valence-electron chi connectivity index (χ2n) is 6.00. The van der Waals surface area contributed by atoms with Gasteiger partial charge in [-0.05, 0) is 42.8 Å². The largest absolute Gasteiger partial charge is 0.454 e. The average molecular weight is 383 g/mol. The van der Waals surface area contributed by atoms with Crippen LogP contribution in [0.5, 0.6) is 11.5 Å². The predicted molar refractivity (Wildman–Crippen MR) is 102 cm³/mol. The summed E-state index contributed by atoms with van der Waals surface area (Å²) in [4.78, 5) is 4.50. The summed E-state index contributed by atoms with van der Waals surface area (Å²) in [6.07, 6.45) is 1.46. The Morgan fingerprint density at radius 2 is 1.74 bits per heavy atom. The minimum Gasteiger partial charge on any atom is -0.454 e. The molecule has 0 unspecified atom stereocenters. The van der Waals surface area contributed by atoms with Gasteiger partial charge < -0.3 is 14.8 Å². The van der Waals surface area contributed by atoms with E-state index in [9.17, 15) is 8.42 Å². The number of rotatable bonds is 5. The van der Waals surface area contributed by atoms with Crippen LogP contribution in [0.1, 0.15) is 5.56 Å². The molecule has 0 bridgehead atoms. The lowest BCUT2D eigenvalue weighted by Gasteiger charge is -2.11. The van der Waals surface area contributed by atoms with Gasteiger partial charge in [-0.2, -0.15) is 0 Å². The monoisotopic (exact) mass is 383 g/mol. The molecule has 0 aliphatic carbocycles. The molecule has 1 aliphatic rings. The first kappa shape index (κ1) is 17.2. The summed E-state index contributed by atoms with van der Waals surface area (Å²) in [6, 6.07) is 15.6. The summed E-state index contributed by atoms with van der Waals surface area (Å²) >= 11 is 0. The molecule has 0 saturated carbocycles. The number of sulfonamides is 1. The summed E-state index contributed by atoms with van der Waals surface area (Å²) in [5, 5.41) is 3.14. The highest BCUT2D eigenvalue weighted by molar-refractivity contribution is 7.92. The van der Waals surface area contributed by atoms with Crippen molar-refractivity contribution in [3.05, 3.63) is 66.4 Å². The van der Waals surface area contributed by atoms with E-state index in [0.717, 1.165) is 5.69 Å². The van der Waals surface area contributed by atoms with Crippen LogP contribution >= 0.6 is 0 Å². The maximum atomic E-state index is 12.5. The van der Waals surface area contributed by atoms with Gasteiger partial charge in [-0.1, -0.05) is 18.2 Å². The molecule has 3 aromatic rings. The molecule has 0 saturated heterocycles. The lowest BCUT2D eigenvalue weighted by molar-refractivity contribution is 0.174. The van der Waals surface area contributed by atoms with E-state index in [4.69, 9.17) is 9.47 Å². The molecule has 0 spiro atoms. The summed E-state index contributed by atoms with van der Waals surface area (Å²) in [5.41, 5.74) is 1.86. The van der Waals surface area contributed by atoms with Crippen LogP contribution in [-0.4, -0.2) is 20.2 Å². The molecular formula is C19H17N3O4S. The van der Waals surface area contributed by atoms with Gasteiger partial charge in [0.25, 0.3) is 10.0 Å². The quantitative estimate of drug-likeness (QED) is 0.699. The van der Waals surface area contributed by atoms with Gasteiger partial charge >= 0.3 is 0 Å². The van der Waals surface area contributed by atoms with Crippen LogP contribution in [0.25, 0.3) is 0 Å². The molecule has 0 radical (unpaired) electrons. The molecule has 1 aromatic heterocycles. The molecule has 7 nitrogen and oxygen atoms in total. The van der Waals surface area contributed by atoms with E-state index in [1.807, 2.05) is 18.2 Å². The number of hydrogen-bond acceptors (Lipinski definition) is 6. The molecule has 138 valence electrons. The fraction of sp³-hybridized carbons (Fsp3) is 0.105. The van der Waals surface area contributed by atoms with Crippen molar-refractivity contribution in [1.29, 1.82) is 0 Å². The highest BCUT2D eigenvalue weighted by Gasteiger charge is 2.17. The van der Waals surface area contributed by atoms with Crippen LogP contribution in [0, 0.1) is 6.92 Å². The van der Waals surface area contributed by atoms with E-state index in [1.165, 1.54) is 6.20 Å². The number of nitrogens with zero attached hydrogens (tertiary/aromatic N) is 1. The van der Waals surface area contributed by atoms with Crippen LogP contribution in [0.4, 0.5) is 17.2 Å². The van der Waals surface area contributed by atoms with Crippen molar-refractivity contribution in [2.75, 3.05) is 16.8 Å². The summed E-state index contributed by atoms with van der Waals surface area (Å²) < 4.78 is 38.2. The fourth-order valence-corrected chi connectivity index (χ4v) is 4.01. The number of aromatic nitrogens is 1. The van der Waals surface area contributed by atoms with Crippen molar-refractivity contribution < 1.29 is 17.9 Å². The molecule has 1 aliphatic heterocycles. The summed E-state index contributed by atoms with van der Waals surface area (Å²) in [5.74, 6) is 1.95. The van der Waals surface area contributed by atoms with Crippen molar-refractivity contribution in [3.8, 4) is 11.5 Å². The van der Waals surface area contributed by atoms with Crippen LogP contribution in [-0.2, 0) is 10.0 Å². The fourth-order valence-electron chi connectivity index (χ4n) is 2.72. The molecule has 0 fully saturated rings. The molecule has 4 rings (SSSR count). The molecule has 27 heavy (non-hydrogen) atoms. The van der Waals surface area contributed by atoms with Gasteiger partial charge in [-0.3, -0.25) is 4.72 Å². The smallest absolute Gasteiger partial charge is 0.262 e. The number of benzene rings is 2. The Balaban J connectivity index is 1.48. The van der Waals surface area contributed by atoms with Gasteiger partial charge in [-0.25, -0.2) is 13.4 Å². The van der Waals surface area contributed by atoms with Crippen LogP contribution in [0.2, 0.25) is 0 Å². The minimum absolute atomic E-state index is 0.215. The third-order valence-electron chi connectivity index (χ3n) is 4.04. The standard InChI is InChI=1S/C19H17N3O4S/c1-13-4-2-3-5-18(13)27(23,24)22-15-7-9-19(20-11-15)21-14-6-8-16-17(10-14)26-12-25-16/h2-11,22H,12H2,1H3,(H,20,21). The van der Waals surface area contributed by atoms with E-state index in [0.29, 0.717) is 28.6 Å². The number of fused-ring (bicyclic) bond motifs is 1. The number of pyridine rings is 1. The maximum absolute atomic E-state index is 12.5. The van der Waals surface area contributed by atoms with Crippen LogP contribution < -0.4 is 19.5 Å². The highest BCUT2D eigenvalue weighted by Crippen LogP contribution is 2.35. The second-order valence-corrected chi connectivity index (χ2v) is 7.65. The first-order valence-corrected chi connectivity index (χ1v) is 9.71. The van der Waals surface area contributed by atoms with Gasteiger partial charge in [0, 0.05) is 11.8 Å². The van der Waals surface area contributed by atoms with Crippen molar-refractivity contribution in [2.24, 2.45) is 0 Å². The first-order chi connectivity index (χ1) is 13.0. The first-order valence-electron chi connectivity index (χ1n) is 8.22. The Kier molecular flexibility index (Phi) is 4.33. The number of ether oxygens (including phenoxy) is 2. The van der Waals surface area contributed by atoms with Gasteiger partial charge in [0.2, 0.25) is 6.79 Å². The highest BCUT2D eigenvalue weighted by atomic mass is 32.2. The molecule has 0 amide bonds. The number of hydrogen-bond donors (Lipinski definition) is 2. The Morgan fingerprint density at radius 1 is 0.963 bits per heavy atom. The van der Waals surface area contributed by atoms with Crippen LogP contribution in [0.15, 0.2) is 65.7 Å². The number of anilines is 3. The summed E-state index contributed by atoms with van der Waals surface area (Å²) in [6.45, 7) is 1.97. The van der Waals surface area contributed by atoms with E-state index in [1.54, 1.807) is 43.3 Å². The normalized spacial score (nSPS) is 12.6. The molecule has 2 aromatic carbocycles. The van der Waals surface area contributed by atoms with Gasteiger partial charge in [-0.15, -0.1) is 0 Å². The zero-order chi connectivity index (χ0) is 18.9. The van der Waals surface area contributed by atoms with Gasteiger partial charge in [0.1, 0.15) is 5.82 Å². The molecule has 0 atom stereocenters. The lowest BCUT2D eigenvalue weighted by atomic mass is 10.2. The third-order valence-corrected chi connectivity index (χ3v) is 5.59. The number of nitrogens with one attached hydrogen (secondary N) is 2. The molecule has 8 heteroatoms.